The zero-order valence-corrected chi connectivity index (χ0v) is 11.2. The Bertz CT molecular complexity index is 456. The molecule has 2 heteroatoms. The van der Waals surface area contributed by atoms with E-state index in [4.69, 9.17) is 0 Å². The molecule has 3 rings (SSSR count). The molecule has 0 saturated carbocycles. The number of fused-ring (bicyclic) bond motifs is 1. The second-order valence-electron chi connectivity index (χ2n) is 5.57. The van der Waals surface area contributed by atoms with Gasteiger partial charge in [-0.25, -0.2) is 0 Å². The van der Waals surface area contributed by atoms with Gasteiger partial charge in [0.15, 0.2) is 0 Å². The Labute approximate surface area is 110 Å². The van der Waals surface area contributed by atoms with E-state index in [1.165, 1.54) is 24.9 Å². The second kappa shape index (κ2) is 5.25. The lowest BCUT2D eigenvalue weighted by atomic mass is 10.0. The van der Waals surface area contributed by atoms with Crippen LogP contribution in [0, 0.1) is 0 Å². The molecule has 0 aromatic heterocycles. The maximum Gasteiger partial charge on any atom is 0.0239 e. The Kier molecular flexibility index (Phi) is 3.48. The van der Waals surface area contributed by atoms with Gasteiger partial charge < -0.3 is 5.32 Å². The zero-order valence-electron chi connectivity index (χ0n) is 11.2. The molecule has 2 heterocycles. The minimum atomic E-state index is 1.11. The van der Waals surface area contributed by atoms with Crippen molar-refractivity contribution in [2.75, 3.05) is 26.2 Å². The summed E-state index contributed by atoms with van der Waals surface area (Å²) in [5, 5.41) is 3.33. The number of rotatable bonds is 2. The summed E-state index contributed by atoms with van der Waals surface area (Å²) < 4.78 is 0. The Morgan fingerprint density at radius 2 is 2.00 bits per heavy atom. The molecule has 0 amide bonds. The van der Waals surface area contributed by atoms with Gasteiger partial charge in [0, 0.05) is 26.2 Å². The summed E-state index contributed by atoms with van der Waals surface area (Å²) in [6.45, 7) is 8.01. The molecule has 0 bridgehead atoms. The molecule has 2 nitrogen and oxygen atoms in total. The van der Waals surface area contributed by atoms with Gasteiger partial charge in [0.2, 0.25) is 0 Å². The minimum absolute atomic E-state index is 1.11. The highest BCUT2D eigenvalue weighted by molar-refractivity contribution is 5.29. The van der Waals surface area contributed by atoms with Crippen LogP contribution in [0.25, 0.3) is 0 Å². The van der Waals surface area contributed by atoms with Crippen molar-refractivity contribution in [1.82, 2.24) is 10.2 Å². The van der Waals surface area contributed by atoms with E-state index in [0.29, 0.717) is 0 Å². The smallest absolute Gasteiger partial charge is 0.0239 e. The predicted octanol–water partition coefficient (Wildman–Crippen LogP) is 2.35. The van der Waals surface area contributed by atoms with Gasteiger partial charge in [-0.05, 0) is 43.0 Å². The monoisotopic (exact) mass is 242 g/mol. The molecule has 1 N–H and O–H groups in total. The van der Waals surface area contributed by atoms with Crippen LogP contribution in [0.3, 0.4) is 0 Å². The van der Waals surface area contributed by atoms with Crippen LogP contribution < -0.4 is 5.32 Å². The van der Waals surface area contributed by atoms with Crippen molar-refractivity contribution in [2.24, 2.45) is 0 Å². The lowest BCUT2D eigenvalue weighted by molar-refractivity contribution is 0.291. The Morgan fingerprint density at radius 3 is 2.72 bits per heavy atom. The number of benzene rings is 1. The van der Waals surface area contributed by atoms with E-state index in [2.05, 4.69) is 41.4 Å². The van der Waals surface area contributed by atoms with Crippen LogP contribution >= 0.6 is 0 Å². The third kappa shape index (κ3) is 2.50. The first kappa shape index (κ1) is 11.9. The quantitative estimate of drug-likeness (QED) is 0.801. The molecule has 0 atom stereocenters. The third-order valence-electron chi connectivity index (χ3n) is 4.17. The first-order valence-corrected chi connectivity index (χ1v) is 7.00. The molecule has 0 radical (unpaired) electrons. The van der Waals surface area contributed by atoms with Gasteiger partial charge >= 0.3 is 0 Å². The summed E-state index contributed by atoms with van der Waals surface area (Å²) >= 11 is 0. The first-order chi connectivity index (χ1) is 8.83. The normalized spacial score (nSPS) is 19.9. The van der Waals surface area contributed by atoms with E-state index in [-0.39, 0.29) is 0 Å². The highest BCUT2D eigenvalue weighted by atomic mass is 15.1. The summed E-state index contributed by atoms with van der Waals surface area (Å²) in [5.74, 6) is 0. The average molecular weight is 242 g/mol. The molecule has 0 aliphatic carbocycles. The number of nitrogens with zero attached hydrogens (tertiary/aromatic N) is 1. The molecule has 96 valence electrons. The van der Waals surface area contributed by atoms with Gasteiger partial charge in [-0.1, -0.05) is 29.8 Å². The van der Waals surface area contributed by atoms with Crippen molar-refractivity contribution in [3.63, 3.8) is 0 Å². The van der Waals surface area contributed by atoms with E-state index >= 15 is 0 Å². The van der Waals surface area contributed by atoms with Crippen LogP contribution in [-0.2, 0) is 13.0 Å². The standard InChI is InChI=1S/C16H22N2/c1-13(16-9-17-10-16)11-18-8-4-7-14-5-2-3-6-15(14)12-18/h2-3,5-6,17H,4,7-12H2,1H3. The fraction of sp³-hybridized carbons (Fsp3) is 0.500. The maximum absolute atomic E-state index is 3.33. The Balaban J connectivity index is 1.71. The lowest BCUT2D eigenvalue weighted by Gasteiger charge is -2.26. The number of aryl methyl sites for hydroxylation is 1. The van der Waals surface area contributed by atoms with Crippen molar-refractivity contribution >= 4 is 0 Å². The van der Waals surface area contributed by atoms with Crippen molar-refractivity contribution < 1.29 is 0 Å². The van der Waals surface area contributed by atoms with Crippen LogP contribution in [0.4, 0.5) is 0 Å². The van der Waals surface area contributed by atoms with Gasteiger partial charge in [-0.3, -0.25) is 4.90 Å². The summed E-state index contributed by atoms with van der Waals surface area (Å²) in [6.07, 6.45) is 2.53. The Morgan fingerprint density at radius 1 is 1.22 bits per heavy atom. The number of nitrogens with one attached hydrogen (secondary N) is 1. The van der Waals surface area contributed by atoms with E-state index in [1.54, 1.807) is 16.7 Å². The second-order valence-corrected chi connectivity index (χ2v) is 5.57. The fourth-order valence-corrected chi connectivity index (χ4v) is 2.90. The molecule has 2 aliphatic heterocycles. The minimum Gasteiger partial charge on any atom is -0.309 e. The van der Waals surface area contributed by atoms with Crippen molar-refractivity contribution in [3.8, 4) is 0 Å². The largest absolute Gasteiger partial charge is 0.309 e. The van der Waals surface area contributed by atoms with E-state index < -0.39 is 0 Å². The van der Waals surface area contributed by atoms with E-state index in [1.807, 2.05) is 0 Å². The molecule has 18 heavy (non-hydrogen) atoms. The van der Waals surface area contributed by atoms with Crippen LogP contribution in [0.15, 0.2) is 35.4 Å². The fourth-order valence-electron chi connectivity index (χ4n) is 2.90. The molecular weight excluding hydrogens is 220 g/mol. The molecular formula is C16H22N2. The highest BCUT2D eigenvalue weighted by Crippen LogP contribution is 2.20. The molecule has 0 spiro atoms. The molecule has 2 aliphatic rings. The molecule has 1 saturated heterocycles. The van der Waals surface area contributed by atoms with Crippen LogP contribution in [0.1, 0.15) is 24.5 Å². The van der Waals surface area contributed by atoms with Crippen molar-refractivity contribution in [1.29, 1.82) is 0 Å². The van der Waals surface area contributed by atoms with Gasteiger partial charge in [0.25, 0.3) is 0 Å². The summed E-state index contributed by atoms with van der Waals surface area (Å²) in [4.78, 5) is 2.60. The molecule has 1 aromatic rings. The SMILES string of the molecule is CC(CN1CCCc2ccccc2C1)=C1CNC1. The van der Waals surface area contributed by atoms with Gasteiger partial charge in [-0.15, -0.1) is 0 Å². The zero-order chi connectivity index (χ0) is 12.4. The predicted molar refractivity (Wildman–Crippen MR) is 75.6 cm³/mol. The van der Waals surface area contributed by atoms with Crippen molar-refractivity contribution in [2.45, 2.75) is 26.3 Å². The van der Waals surface area contributed by atoms with Gasteiger partial charge in [0.05, 0.1) is 0 Å². The Hall–Kier alpha value is -1.12. The number of hydrogen-bond acceptors (Lipinski definition) is 2. The first-order valence-electron chi connectivity index (χ1n) is 7.00. The van der Waals surface area contributed by atoms with Crippen molar-refractivity contribution in [3.05, 3.63) is 46.5 Å². The maximum atomic E-state index is 3.33. The average Bonchev–Trinajstić information content (AvgIpc) is 2.47. The van der Waals surface area contributed by atoms with E-state index in [9.17, 15) is 0 Å². The highest BCUT2D eigenvalue weighted by Gasteiger charge is 2.16. The van der Waals surface area contributed by atoms with Gasteiger partial charge in [0.1, 0.15) is 0 Å². The summed E-state index contributed by atoms with van der Waals surface area (Å²) in [6, 6.07) is 8.92. The number of hydrogen-bond donors (Lipinski definition) is 1. The lowest BCUT2D eigenvalue weighted by Crippen LogP contribution is -2.36. The summed E-state index contributed by atoms with van der Waals surface area (Å²) in [5.41, 5.74) is 6.27. The van der Waals surface area contributed by atoms with Crippen LogP contribution in [0.2, 0.25) is 0 Å². The molecule has 0 unspecified atom stereocenters. The molecule has 1 fully saturated rings. The van der Waals surface area contributed by atoms with Gasteiger partial charge in [-0.2, -0.15) is 0 Å². The van der Waals surface area contributed by atoms with Crippen LogP contribution in [0.5, 0.6) is 0 Å². The third-order valence-corrected chi connectivity index (χ3v) is 4.17. The van der Waals surface area contributed by atoms with E-state index in [0.717, 1.165) is 26.2 Å². The summed E-state index contributed by atoms with van der Waals surface area (Å²) in [7, 11) is 0. The van der Waals surface area contributed by atoms with Crippen LogP contribution in [-0.4, -0.2) is 31.1 Å². The molecule has 1 aromatic carbocycles. The topological polar surface area (TPSA) is 15.3 Å².